The largest absolute Gasteiger partial charge is 0.368 e. The quantitative estimate of drug-likeness (QED) is 0.851. The lowest BCUT2D eigenvalue weighted by Gasteiger charge is -2.29. The summed E-state index contributed by atoms with van der Waals surface area (Å²) in [5.74, 6) is -0.710. The highest BCUT2D eigenvalue weighted by Gasteiger charge is 2.33. The summed E-state index contributed by atoms with van der Waals surface area (Å²) in [6, 6.07) is 13.2. The van der Waals surface area contributed by atoms with Gasteiger partial charge in [-0.1, -0.05) is 30.4 Å². The van der Waals surface area contributed by atoms with Crippen molar-refractivity contribution in [3.8, 4) is 6.07 Å². The Kier molecular flexibility index (Phi) is 7.12. The van der Waals surface area contributed by atoms with E-state index in [1.165, 1.54) is 0 Å². The Bertz CT molecular complexity index is 979. The molecule has 2 N–H and O–H groups in total. The van der Waals surface area contributed by atoms with Crippen molar-refractivity contribution in [1.29, 1.82) is 5.26 Å². The Morgan fingerprint density at radius 3 is 2.57 bits per heavy atom. The number of benzene rings is 1. The van der Waals surface area contributed by atoms with Crippen LogP contribution in [-0.2, 0) is 16.0 Å². The molecular weight excluding hydrogens is 376 g/mol. The van der Waals surface area contributed by atoms with Crippen molar-refractivity contribution in [3.05, 3.63) is 89.3 Å². The number of carbonyl (C=O) groups is 2. The first-order valence-electron chi connectivity index (χ1n) is 9.94. The number of carbonyl (C=O) groups excluding carboxylic acids is 2. The van der Waals surface area contributed by atoms with Gasteiger partial charge in [0, 0.05) is 18.0 Å². The van der Waals surface area contributed by atoms with Gasteiger partial charge in [-0.3, -0.25) is 14.6 Å². The number of rotatable bonds is 4. The molecule has 2 aliphatic rings. The summed E-state index contributed by atoms with van der Waals surface area (Å²) in [7, 11) is 0. The van der Waals surface area contributed by atoms with Gasteiger partial charge in [0.2, 0.25) is 5.91 Å². The second-order valence-corrected chi connectivity index (χ2v) is 7.14. The summed E-state index contributed by atoms with van der Waals surface area (Å²) in [6.07, 6.45) is 12.5. The standard InChI is InChI=1S/C19H19N3O2.C5H5N/c20-11-13-6-7-14-8-9-17(16(14)10-13)22(12-18(21)23)19(24)15-4-2-1-3-5-15;1-2-4-6-5-3-1/h2,4-7,10,17H,1,3,8-9,12H2,(H2,21,23);1-5H. The number of pyridine rings is 1. The number of allylic oxidation sites excluding steroid dienone is 2. The molecule has 0 fully saturated rings. The van der Waals surface area contributed by atoms with Crippen LogP contribution in [0.4, 0.5) is 0 Å². The minimum Gasteiger partial charge on any atom is -0.368 e. The molecule has 0 bridgehead atoms. The van der Waals surface area contributed by atoms with E-state index in [2.05, 4.69) is 11.1 Å². The van der Waals surface area contributed by atoms with Gasteiger partial charge >= 0.3 is 0 Å². The van der Waals surface area contributed by atoms with Gasteiger partial charge in [0.15, 0.2) is 0 Å². The lowest BCUT2D eigenvalue weighted by atomic mass is 10.0. The fourth-order valence-corrected chi connectivity index (χ4v) is 3.72. The maximum absolute atomic E-state index is 12.9. The Hall–Kier alpha value is -3.72. The Morgan fingerprint density at radius 1 is 1.20 bits per heavy atom. The van der Waals surface area contributed by atoms with Gasteiger partial charge < -0.3 is 10.6 Å². The third-order valence-corrected chi connectivity index (χ3v) is 5.09. The number of aromatic nitrogens is 1. The van der Waals surface area contributed by atoms with E-state index in [0.717, 1.165) is 36.8 Å². The van der Waals surface area contributed by atoms with Gasteiger partial charge in [-0.15, -0.1) is 0 Å². The zero-order chi connectivity index (χ0) is 21.3. The lowest BCUT2D eigenvalue weighted by Crippen LogP contribution is -2.41. The summed E-state index contributed by atoms with van der Waals surface area (Å²) < 4.78 is 0. The van der Waals surface area contributed by atoms with Crippen LogP contribution in [0.15, 0.2) is 72.6 Å². The number of nitrogens with zero attached hydrogens (tertiary/aromatic N) is 3. The van der Waals surface area contributed by atoms with Crippen LogP contribution in [0.5, 0.6) is 0 Å². The molecule has 1 aromatic heterocycles. The number of aryl methyl sites for hydroxylation is 1. The molecule has 0 saturated carbocycles. The number of hydrogen-bond acceptors (Lipinski definition) is 4. The van der Waals surface area contributed by atoms with E-state index in [0.29, 0.717) is 11.1 Å². The molecule has 2 amide bonds. The average Bonchev–Trinajstić information content (AvgIpc) is 3.22. The van der Waals surface area contributed by atoms with Crippen molar-refractivity contribution in [3.63, 3.8) is 0 Å². The maximum atomic E-state index is 12.9. The molecule has 0 radical (unpaired) electrons. The highest BCUT2D eigenvalue weighted by Crippen LogP contribution is 2.37. The fraction of sp³-hybridized carbons (Fsp3) is 0.250. The number of fused-ring (bicyclic) bond motifs is 1. The zero-order valence-corrected chi connectivity index (χ0v) is 16.7. The van der Waals surface area contributed by atoms with Crippen molar-refractivity contribution in [2.45, 2.75) is 31.7 Å². The minimum atomic E-state index is -0.534. The molecule has 6 heteroatoms. The Labute approximate surface area is 176 Å². The number of primary amides is 1. The molecule has 30 heavy (non-hydrogen) atoms. The highest BCUT2D eigenvalue weighted by atomic mass is 16.2. The van der Waals surface area contributed by atoms with Crippen molar-refractivity contribution in [2.75, 3.05) is 6.54 Å². The van der Waals surface area contributed by atoms with E-state index in [1.807, 2.05) is 42.5 Å². The van der Waals surface area contributed by atoms with Gasteiger partial charge in [0.1, 0.15) is 6.54 Å². The molecule has 4 rings (SSSR count). The molecule has 152 valence electrons. The van der Waals surface area contributed by atoms with Gasteiger partial charge in [-0.2, -0.15) is 5.26 Å². The van der Waals surface area contributed by atoms with E-state index in [-0.39, 0.29) is 18.5 Å². The molecule has 1 atom stereocenters. The Balaban J connectivity index is 0.000000367. The zero-order valence-electron chi connectivity index (χ0n) is 16.7. The molecule has 2 aromatic rings. The van der Waals surface area contributed by atoms with E-state index in [4.69, 9.17) is 11.0 Å². The molecule has 6 nitrogen and oxygen atoms in total. The molecule has 2 aliphatic carbocycles. The summed E-state index contributed by atoms with van der Waals surface area (Å²) in [5.41, 5.74) is 8.61. The van der Waals surface area contributed by atoms with Crippen molar-refractivity contribution in [2.24, 2.45) is 5.73 Å². The molecule has 1 heterocycles. The van der Waals surface area contributed by atoms with Crippen LogP contribution in [0, 0.1) is 11.3 Å². The van der Waals surface area contributed by atoms with Crippen molar-refractivity contribution >= 4 is 11.8 Å². The molecule has 1 aromatic carbocycles. The SMILES string of the molecule is N#Cc1ccc2c(c1)C(N(CC(N)=O)C(=O)C1=CCCC=C1)CC2.c1ccncc1. The van der Waals surface area contributed by atoms with Crippen LogP contribution < -0.4 is 5.73 Å². The molecule has 0 aliphatic heterocycles. The van der Waals surface area contributed by atoms with E-state index in [9.17, 15) is 9.59 Å². The first kappa shape index (κ1) is 21.0. The number of hydrogen-bond donors (Lipinski definition) is 1. The van der Waals surface area contributed by atoms with Crippen molar-refractivity contribution in [1.82, 2.24) is 9.88 Å². The predicted octanol–water partition coefficient (Wildman–Crippen LogP) is 3.22. The summed E-state index contributed by atoms with van der Waals surface area (Å²) in [4.78, 5) is 29.8. The lowest BCUT2D eigenvalue weighted by molar-refractivity contribution is -0.134. The van der Waals surface area contributed by atoms with Crippen LogP contribution in [0.1, 0.15) is 42.0 Å². The van der Waals surface area contributed by atoms with Gasteiger partial charge in [-0.25, -0.2) is 0 Å². The number of amides is 2. The fourth-order valence-electron chi connectivity index (χ4n) is 3.72. The molecule has 0 spiro atoms. The Morgan fingerprint density at radius 2 is 2.00 bits per heavy atom. The summed E-state index contributed by atoms with van der Waals surface area (Å²) in [5, 5.41) is 9.13. The first-order valence-corrected chi connectivity index (χ1v) is 9.94. The molecular formula is C24H24N4O2. The van der Waals surface area contributed by atoms with Crippen LogP contribution in [0.2, 0.25) is 0 Å². The molecule has 0 saturated heterocycles. The normalized spacial score (nSPS) is 16.4. The summed E-state index contributed by atoms with van der Waals surface area (Å²) >= 11 is 0. The average molecular weight is 400 g/mol. The topological polar surface area (TPSA) is 100 Å². The maximum Gasteiger partial charge on any atom is 0.254 e. The smallest absolute Gasteiger partial charge is 0.254 e. The van der Waals surface area contributed by atoms with Crippen LogP contribution in [-0.4, -0.2) is 28.2 Å². The van der Waals surface area contributed by atoms with Crippen LogP contribution >= 0.6 is 0 Å². The van der Waals surface area contributed by atoms with Crippen LogP contribution in [0.3, 0.4) is 0 Å². The van der Waals surface area contributed by atoms with E-state index >= 15 is 0 Å². The predicted molar refractivity (Wildman–Crippen MR) is 114 cm³/mol. The summed E-state index contributed by atoms with van der Waals surface area (Å²) in [6.45, 7) is -0.120. The monoisotopic (exact) mass is 400 g/mol. The molecule has 1 unspecified atom stereocenters. The third-order valence-electron chi connectivity index (χ3n) is 5.09. The van der Waals surface area contributed by atoms with Crippen LogP contribution in [0.25, 0.3) is 0 Å². The second-order valence-electron chi connectivity index (χ2n) is 7.14. The van der Waals surface area contributed by atoms with Gasteiger partial charge in [-0.05, 0) is 61.1 Å². The number of nitrogens with two attached hydrogens (primary N) is 1. The first-order chi connectivity index (χ1) is 14.6. The van der Waals surface area contributed by atoms with Gasteiger partial charge in [0.05, 0.1) is 17.7 Å². The number of nitriles is 1. The third kappa shape index (κ3) is 5.21. The second kappa shape index (κ2) is 10.2. The van der Waals surface area contributed by atoms with Gasteiger partial charge in [0.25, 0.3) is 5.91 Å². The van der Waals surface area contributed by atoms with E-state index < -0.39 is 5.91 Å². The van der Waals surface area contributed by atoms with Crippen molar-refractivity contribution < 1.29 is 9.59 Å². The van der Waals surface area contributed by atoms with E-state index in [1.54, 1.807) is 29.4 Å². The highest BCUT2D eigenvalue weighted by molar-refractivity contribution is 5.98. The minimum absolute atomic E-state index is 0.120.